The zero-order valence-electron chi connectivity index (χ0n) is 15.8. The van der Waals surface area contributed by atoms with Gasteiger partial charge < -0.3 is 5.32 Å². The lowest BCUT2D eigenvalue weighted by molar-refractivity contribution is -0.137. The van der Waals surface area contributed by atoms with Crippen LogP contribution in [0.25, 0.3) is 0 Å². The molecule has 0 radical (unpaired) electrons. The van der Waals surface area contributed by atoms with Gasteiger partial charge in [0.25, 0.3) is 0 Å². The first-order valence-electron chi connectivity index (χ1n) is 9.17. The van der Waals surface area contributed by atoms with Gasteiger partial charge in [0.15, 0.2) is 0 Å². The Bertz CT molecular complexity index is 915. The number of halogens is 6. The Morgan fingerprint density at radius 1 is 0.967 bits per heavy atom. The molecule has 2 aromatic rings. The van der Waals surface area contributed by atoms with E-state index >= 15 is 0 Å². The number of benzene rings is 2. The summed E-state index contributed by atoms with van der Waals surface area (Å²) in [5.74, 6) is -0.896. The Labute approximate surface area is 181 Å². The van der Waals surface area contributed by atoms with Gasteiger partial charge in [-0.15, -0.1) is 0 Å². The number of nitrogens with zero attached hydrogens (tertiary/aromatic N) is 2. The number of hydrogen-bond acceptors (Lipinski definition) is 3. The summed E-state index contributed by atoms with van der Waals surface area (Å²) < 4.78 is 51.8. The molecule has 10 heteroatoms. The first-order chi connectivity index (χ1) is 14.1. The molecule has 1 amide bonds. The number of piperazine rings is 1. The Morgan fingerprint density at radius 3 is 2.27 bits per heavy atom. The van der Waals surface area contributed by atoms with Gasteiger partial charge in [0.2, 0.25) is 5.91 Å². The molecule has 30 heavy (non-hydrogen) atoms. The molecule has 2 aromatic carbocycles. The Hall–Kier alpha value is -1.87. The topological polar surface area (TPSA) is 35.6 Å². The fraction of sp³-hybridized carbons (Fsp3) is 0.350. The zero-order valence-corrected chi connectivity index (χ0v) is 17.3. The number of nitrogens with one attached hydrogen (secondary N) is 1. The highest BCUT2D eigenvalue weighted by atomic mass is 35.5. The number of alkyl halides is 3. The van der Waals surface area contributed by atoms with Crippen molar-refractivity contribution in [1.82, 2.24) is 9.80 Å². The second kappa shape index (κ2) is 9.51. The molecule has 0 bridgehead atoms. The Kier molecular flexibility index (Phi) is 7.23. The van der Waals surface area contributed by atoms with Crippen LogP contribution in [-0.2, 0) is 17.5 Å². The Balaban J connectivity index is 1.50. The molecular weight excluding hydrogens is 445 g/mol. The van der Waals surface area contributed by atoms with Gasteiger partial charge in [0.1, 0.15) is 5.82 Å². The summed E-state index contributed by atoms with van der Waals surface area (Å²) in [5.41, 5.74) is -0.0493. The van der Waals surface area contributed by atoms with Crippen molar-refractivity contribution < 1.29 is 22.4 Å². The lowest BCUT2D eigenvalue weighted by Gasteiger charge is -2.34. The number of carbonyl (C=O) groups is 1. The van der Waals surface area contributed by atoms with Crippen LogP contribution in [0, 0.1) is 5.82 Å². The van der Waals surface area contributed by atoms with Crippen molar-refractivity contribution in [2.75, 3.05) is 38.0 Å². The fourth-order valence-electron chi connectivity index (χ4n) is 3.19. The number of anilines is 1. The summed E-state index contributed by atoms with van der Waals surface area (Å²) in [6, 6.07) is 7.41. The molecule has 0 spiro atoms. The minimum Gasteiger partial charge on any atom is -0.324 e. The molecule has 1 aliphatic heterocycles. The molecule has 0 saturated carbocycles. The largest absolute Gasteiger partial charge is 0.416 e. The van der Waals surface area contributed by atoms with Gasteiger partial charge in [-0.25, -0.2) is 4.39 Å². The summed E-state index contributed by atoms with van der Waals surface area (Å²) in [6.07, 6.45) is -4.52. The monoisotopic (exact) mass is 463 g/mol. The van der Waals surface area contributed by atoms with E-state index < -0.39 is 23.5 Å². The van der Waals surface area contributed by atoms with Crippen LogP contribution >= 0.6 is 23.2 Å². The SMILES string of the molecule is O=C(CN1CCN(Cc2ccc(F)c(Cl)c2)CC1)Nc1cc(C(F)(F)F)ccc1Cl. The third-order valence-corrected chi connectivity index (χ3v) is 5.41. The third-order valence-electron chi connectivity index (χ3n) is 4.79. The number of hydrogen-bond donors (Lipinski definition) is 1. The first kappa shape index (κ1) is 22.8. The smallest absolute Gasteiger partial charge is 0.324 e. The van der Waals surface area contributed by atoms with E-state index in [1.165, 1.54) is 6.07 Å². The lowest BCUT2D eigenvalue weighted by Crippen LogP contribution is -2.48. The van der Waals surface area contributed by atoms with Crippen LogP contribution < -0.4 is 5.32 Å². The molecule has 0 atom stereocenters. The van der Waals surface area contributed by atoms with E-state index in [0.29, 0.717) is 32.7 Å². The van der Waals surface area contributed by atoms with Crippen LogP contribution in [0.1, 0.15) is 11.1 Å². The van der Waals surface area contributed by atoms with E-state index in [9.17, 15) is 22.4 Å². The highest BCUT2D eigenvalue weighted by molar-refractivity contribution is 6.33. The second-order valence-corrected chi connectivity index (χ2v) is 7.86. The van der Waals surface area contributed by atoms with E-state index in [0.717, 1.165) is 23.8 Å². The number of carbonyl (C=O) groups excluding carboxylic acids is 1. The van der Waals surface area contributed by atoms with Crippen molar-refractivity contribution in [2.45, 2.75) is 12.7 Å². The van der Waals surface area contributed by atoms with Crippen LogP contribution in [0.3, 0.4) is 0 Å². The highest BCUT2D eigenvalue weighted by Crippen LogP contribution is 2.33. The molecule has 1 fully saturated rings. The molecule has 0 aliphatic carbocycles. The fourth-order valence-corrected chi connectivity index (χ4v) is 3.56. The van der Waals surface area contributed by atoms with E-state index in [-0.39, 0.29) is 22.3 Å². The summed E-state index contributed by atoms with van der Waals surface area (Å²) in [4.78, 5) is 16.3. The van der Waals surface area contributed by atoms with Gasteiger partial charge in [0.05, 0.1) is 27.8 Å². The van der Waals surface area contributed by atoms with Gasteiger partial charge in [-0.1, -0.05) is 29.3 Å². The van der Waals surface area contributed by atoms with Gasteiger partial charge in [-0.2, -0.15) is 13.2 Å². The van der Waals surface area contributed by atoms with Crippen LogP contribution in [-0.4, -0.2) is 48.4 Å². The van der Waals surface area contributed by atoms with Crippen LogP contribution in [0.4, 0.5) is 23.2 Å². The van der Waals surface area contributed by atoms with Crippen LogP contribution in [0.5, 0.6) is 0 Å². The standard InChI is InChI=1S/C20H19Cl2F4N3O/c21-15-3-2-14(20(24,25)26)10-18(15)27-19(30)12-29-7-5-28(6-8-29)11-13-1-4-17(23)16(22)9-13/h1-4,9-10H,5-8,11-12H2,(H,27,30). The zero-order chi connectivity index (χ0) is 21.9. The van der Waals surface area contributed by atoms with Gasteiger partial charge in [0, 0.05) is 32.7 Å². The predicted molar refractivity (Wildman–Crippen MR) is 108 cm³/mol. The predicted octanol–water partition coefficient (Wildman–Crippen LogP) is 4.91. The molecule has 1 heterocycles. The van der Waals surface area contributed by atoms with Crippen molar-refractivity contribution in [3.8, 4) is 0 Å². The molecule has 1 N–H and O–H groups in total. The lowest BCUT2D eigenvalue weighted by atomic mass is 10.2. The van der Waals surface area contributed by atoms with Crippen molar-refractivity contribution >= 4 is 34.8 Å². The van der Waals surface area contributed by atoms with Gasteiger partial charge in [-0.05, 0) is 35.9 Å². The molecule has 1 aliphatic rings. The van der Waals surface area contributed by atoms with Crippen molar-refractivity contribution in [3.05, 3.63) is 63.4 Å². The number of amides is 1. The summed E-state index contributed by atoms with van der Waals surface area (Å²) in [5, 5.41) is 2.58. The summed E-state index contributed by atoms with van der Waals surface area (Å²) in [7, 11) is 0. The van der Waals surface area contributed by atoms with E-state index in [1.54, 1.807) is 12.1 Å². The highest BCUT2D eigenvalue weighted by Gasteiger charge is 2.31. The number of rotatable bonds is 5. The minimum atomic E-state index is -4.52. The van der Waals surface area contributed by atoms with Gasteiger partial charge in [-0.3, -0.25) is 14.6 Å². The molecule has 0 aromatic heterocycles. The molecule has 0 unspecified atom stereocenters. The van der Waals surface area contributed by atoms with Crippen molar-refractivity contribution in [3.63, 3.8) is 0 Å². The molecular formula is C20H19Cl2F4N3O. The maximum absolute atomic E-state index is 13.3. The normalized spacial score (nSPS) is 15.9. The van der Waals surface area contributed by atoms with Crippen LogP contribution in [0.15, 0.2) is 36.4 Å². The first-order valence-corrected chi connectivity index (χ1v) is 9.92. The van der Waals surface area contributed by atoms with Crippen molar-refractivity contribution in [2.24, 2.45) is 0 Å². The maximum Gasteiger partial charge on any atom is 0.416 e. The summed E-state index contributed by atoms with van der Waals surface area (Å²) >= 11 is 11.7. The van der Waals surface area contributed by atoms with Crippen molar-refractivity contribution in [1.29, 1.82) is 0 Å². The molecule has 4 nitrogen and oxygen atoms in total. The third kappa shape index (κ3) is 6.07. The van der Waals surface area contributed by atoms with Crippen LogP contribution in [0.2, 0.25) is 10.0 Å². The molecule has 162 valence electrons. The van der Waals surface area contributed by atoms with E-state index in [1.807, 2.05) is 4.90 Å². The van der Waals surface area contributed by atoms with E-state index in [2.05, 4.69) is 10.2 Å². The average molecular weight is 464 g/mol. The summed E-state index contributed by atoms with van der Waals surface area (Å²) in [6.45, 7) is 3.25. The minimum absolute atomic E-state index is 0.0409. The quantitative estimate of drug-likeness (QED) is 0.640. The maximum atomic E-state index is 13.3. The molecule has 1 saturated heterocycles. The average Bonchev–Trinajstić information content (AvgIpc) is 2.67. The molecule has 3 rings (SSSR count). The Morgan fingerprint density at radius 2 is 1.63 bits per heavy atom. The van der Waals surface area contributed by atoms with Gasteiger partial charge >= 0.3 is 6.18 Å². The second-order valence-electron chi connectivity index (χ2n) is 7.04. The van der Waals surface area contributed by atoms with E-state index in [4.69, 9.17) is 23.2 Å².